The summed E-state index contributed by atoms with van der Waals surface area (Å²) in [5, 5.41) is 9.61. The average molecular weight is 287 g/mol. The van der Waals surface area contributed by atoms with Crippen LogP contribution in [0.3, 0.4) is 0 Å². The van der Waals surface area contributed by atoms with E-state index in [-0.39, 0.29) is 12.2 Å². The highest BCUT2D eigenvalue weighted by molar-refractivity contribution is 7.99. The Balaban J connectivity index is 2.66. The molecule has 3 nitrogen and oxygen atoms in total. The van der Waals surface area contributed by atoms with Gasteiger partial charge < -0.3 is 5.11 Å². The smallest absolute Gasteiger partial charge is 0.307 e. The van der Waals surface area contributed by atoms with Crippen LogP contribution in [0.4, 0.5) is 0 Å². The molecule has 0 heterocycles. The maximum atomic E-state index is 11.9. The number of ketones is 1. The minimum atomic E-state index is -0.918. The van der Waals surface area contributed by atoms with Gasteiger partial charge in [0, 0.05) is 22.8 Å². The van der Waals surface area contributed by atoms with E-state index in [9.17, 15) is 9.59 Å². The summed E-state index contributed by atoms with van der Waals surface area (Å²) in [6.07, 6.45) is 0.0317. The van der Waals surface area contributed by atoms with Crippen LogP contribution < -0.4 is 0 Å². The highest BCUT2D eigenvalue weighted by Crippen LogP contribution is 2.17. The van der Waals surface area contributed by atoms with Gasteiger partial charge in [0.05, 0.1) is 5.92 Å². The lowest BCUT2D eigenvalue weighted by atomic mass is 10.00. The molecule has 0 radical (unpaired) electrons. The third-order valence-electron chi connectivity index (χ3n) is 2.47. The number of carboxylic acid groups (broad SMARTS) is 1. The number of thioether (sulfide) groups is 1. The Labute approximate surface area is 116 Å². The second-order valence-corrected chi connectivity index (χ2v) is 5.58. The first-order valence-corrected chi connectivity index (χ1v) is 7.17. The fourth-order valence-electron chi connectivity index (χ4n) is 1.46. The van der Waals surface area contributed by atoms with Crippen molar-refractivity contribution in [1.82, 2.24) is 0 Å². The quantitative estimate of drug-likeness (QED) is 0.781. The van der Waals surface area contributed by atoms with E-state index in [0.717, 1.165) is 5.75 Å². The third-order valence-corrected chi connectivity index (χ3v) is 3.77. The van der Waals surface area contributed by atoms with E-state index >= 15 is 0 Å². The number of Topliss-reactive ketones (excluding diaryl/α,β-unsaturated/α-hetero) is 1. The van der Waals surface area contributed by atoms with Crippen molar-refractivity contribution in [1.29, 1.82) is 0 Å². The van der Waals surface area contributed by atoms with Crippen molar-refractivity contribution in [2.24, 2.45) is 5.92 Å². The van der Waals surface area contributed by atoms with E-state index in [1.165, 1.54) is 11.8 Å². The topological polar surface area (TPSA) is 54.4 Å². The van der Waals surface area contributed by atoms with Crippen LogP contribution in [-0.2, 0) is 4.79 Å². The lowest BCUT2D eigenvalue weighted by Gasteiger charge is -2.10. The SMILES string of the molecule is CCSCC(CC(=O)c1ccc(Cl)cc1)C(=O)O. The molecule has 0 spiro atoms. The maximum absolute atomic E-state index is 11.9. The fraction of sp³-hybridized carbons (Fsp3) is 0.385. The van der Waals surface area contributed by atoms with Gasteiger partial charge in [0.25, 0.3) is 0 Å². The number of halogens is 1. The van der Waals surface area contributed by atoms with Gasteiger partial charge in [-0.15, -0.1) is 0 Å². The summed E-state index contributed by atoms with van der Waals surface area (Å²) in [5.74, 6) is -0.392. The van der Waals surface area contributed by atoms with Gasteiger partial charge in [-0.25, -0.2) is 0 Å². The zero-order chi connectivity index (χ0) is 13.5. The van der Waals surface area contributed by atoms with Crippen LogP contribution in [0.25, 0.3) is 0 Å². The Hall–Kier alpha value is -1.00. The Morgan fingerprint density at radius 3 is 2.44 bits per heavy atom. The summed E-state index contributed by atoms with van der Waals surface area (Å²) < 4.78 is 0. The summed E-state index contributed by atoms with van der Waals surface area (Å²) in [7, 11) is 0. The molecule has 0 fully saturated rings. The molecule has 0 saturated carbocycles. The van der Waals surface area contributed by atoms with Crippen molar-refractivity contribution in [2.45, 2.75) is 13.3 Å². The molecule has 5 heteroatoms. The molecule has 0 saturated heterocycles. The standard InChI is InChI=1S/C13H15ClO3S/c1-2-18-8-10(13(16)17)7-12(15)9-3-5-11(14)6-4-9/h3-6,10H,2,7-8H2,1H3,(H,16,17). The Bertz CT molecular complexity index is 417. The summed E-state index contributed by atoms with van der Waals surface area (Å²) in [4.78, 5) is 23.0. The first kappa shape index (κ1) is 15.1. The van der Waals surface area contributed by atoms with Crippen LogP contribution in [0.1, 0.15) is 23.7 Å². The minimum absolute atomic E-state index is 0.0317. The molecule has 0 aliphatic heterocycles. The van der Waals surface area contributed by atoms with Gasteiger partial charge in [0.1, 0.15) is 0 Å². The molecule has 0 bridgehead atoms. The average Bonchev–Trinajstić information content (AvgIpc) is 2.34. The summed E-state index contributed by atoms with van der Waals surface area (Å²) in [6.45, 7) is 1.96. The van der Waals surface area contributed by atoms with Crippen LogP contribution in [-0.4, -0.2) is 28.4 Å². The molecule has 98 valence electrons. The van der Waals surface area contributed by atoms with E-state index in [4.69, 9.17) is 16.7 Å². The molecule has 1 aromatic rings. The van der Waals surface area contributed by atoms with Gasteiger partial charge in [-0.05, 0) is 30.0 Å². The molecule has 1 rings (SSSR count). The highest BCUT2D eigenvalue weighted by Gasteiger charge is 2.21. The third kappa shape index (κ3) is 4.70. The zero-order valence-corrected chi connectivity index (χ0v) is 11.6. The minimum Gasteiger partial charge on any atom is -0.481 e. The summed E-state index contributed by atoms with van der Waals surface area (Å²) in [6, 6.07) is 6.50. The highest BCUT2D eigenvalue weighted by atomic mass is 35.5. The van der Waals surface area contributed by atoms with Crippen molar-refractivity contribution in [2.75, 3.05) is 11.5 Å². The Kier molecular flexibility index (Phi) is 6.22. The molecule has 1 atom stereocenters. The molecule has 18 heavy (non-hydrogen) atoms. The van der Waals surface area contributed by atoms with Crippen molar-refractivity contribution in [3.05, 3.63) is 34.9 Å². The Morgan fingerprint density at radius 1 is 1.33 bits per heavy atom. The number of hydrogen-bond donors (Lipinski definition) is 1. The summed E-state index contributed by atoms with van der Waals surface area (Å²) >= 11 is 7.26. The van der Waals surface area contributed by atoms with Gasteiger partial charge in [-0.3, -0.25) is 9.59 Å². The van der Waals surface area contributed by atoms with E-state index in [2.05, 4.69) is 0 Å². The maximum Gasteiger partial charge on any atom is 0.307 e. The molecule has 0 aliphatic rings. The number of aliphatic carboxylic acids is 1. The van der Waals surface area contributed by atoms with E-state index in [1.807, 2.05) is 6.92 Å². The number of hydrogen-bond acceptors (Lipinski definition) is 3. The molecule has 0 aliphatic carbocycles. The van der Waals surface area contributed by atoms with Gasteiger partial charge in [-0.2, -0.15) is 11.8 Å². The van der Waals surface area contributed by atoms with E-state index in [0.29, 0.717) is 16.3 Å². The van der Waals surface area contributed by atoms with Gasteiger partial charge >= 0.3 is 5.97 Å². The van der Waals surface area contributed by atoms with E-state index < -0.39 is 11.9 Å². The van der Waals surface area contributed by atoms with Crippen LogP contribution in [0.2, 0.25) is 5.02 Å². The van der Waals surface area contributed by atoms with Crippen LogP contribution in [0.5, 0.6) is 0 Å². The monoisotopic (exact) mass is 286 g/mol. The van der Waals surface area contributed by atoms with Crippen molar-refractivity contribution in [3.63, 3.8) is 0 Å². The number of benzene rings is 1. The molecule has 0 amide bonds. The molecule has 1 aromatic carbocycles. The fourth-order valence-corrected chi connectivity index (χ4v) is 2.36. The zero-order valence-electron chi connectivity index (χ0n) is 10.1. The molecule has 1 unspecified atom stereocenters. The lowest BCUT2D eigenvalue weighted by molar-refractivity contribution is -0.140. The number of carboxylic acids is 1. The number of carbonyl (C=O) groups is 2. The number of rotatable bonds is 7. The predicted octanol–water partition coefficient (Wildman–Crippen LogP) is 3.37. The molecular formula is C13H15ClO3S. The van der Waals surface area contributed by atoms with E-state index in [1.54, 1.807) is 24.3 Å². The number of carbonyl (C=O) groups excluding carboxylic acids is 1. The van der Waals surface area contributed by atoms with Gasteiger partial charge in [0.2, 0.25) is 0 Å². The van der Waals surface area contributed by atoms with Gasteiger partial charge in [0.15, 0.2) is 5.78 Å². The molecule has 0 aromatic heterocycles. The molecular weight excluding hydrogens is 272 g/mol. The normalized spacial score (nSPS) is 12.1. The van der Waals surface area contributed by atoms with Crippen LogP contribution in [0, 0.1) is 5.92 Å². The first-order valence-electron chi connectivity index (χ1n) is 5.64. The van der Waals surface area contributed by atoms with Crippen molar-refractivity contribution < 1.29 is 14.7 Å². The van der Waals surface area contributed by atoms with Gasteiger partial charge in [-0.1, -0.05) is 18.5 Å². The second-order valence-electron chi connectivity index (χ2n) is 3.83. The second kappa shape index (κ2) is 7.44. The Morgan fingerprint density at radius 2 is 1.94 bits per heavy atom. The summed E-state index contributed by atoms with van der Waals surface area (Å²) in [5.41, 5.74) is 0.507. The largest absolute Gasteiger partial charge is 0.481 e. The van der Waals surface area contributed by atoms with Crippen molar-refractivity contribution >= 4 is 35.1 Å². The predicted molar refractivity (Wildman–Crippen MR) is 74.5 cm³/mol. The first-order chi connectivity index (χ1) is 8.54. The van der Waals surface area contributed by atoms with Crippen molar-refractivity contribution in [3.8, 4) is 0 Å². The lowest BCUT2D eigenvalue weighted by Crippen LogP contribution is -2.20. The molecule has 1 N–H and O–H groups in total. The van der Waals surface area contributed by atoms with Crippen LogP contribution in [0.15, 0.2) is 24.3 Å². The van der Waals surface area contributed by atoms with Crippen LogP contribution >= 0.6 is 23.4 Å².